The number of cyclic esters (lactones) is 1. The minimum atomic E-state index is -1.46. The summed E-state index contributed by atoms with van der Waals surface area (Å²) < 4.78 is 11.2. The summed E-state index contributed by atoms with van der Waals surface area (Å²) in [5.74, 6) is -1.38. The lowest BCUT2D eigenvalue weighted by Gasteiger charge is -2.59. The van der Waals surface area contributed by atoms with Crippen LogP contribution >= 0.6 is 11.6 Å². The predicted molar refractivity (Wildman–Crippen MR) is 105 cm³/mol. The minimum Gasteiger partial charge on any atom is -0.462 e. The first-order chi connectivity index (χ1) is 13.4. The summed E-state index contributed by atoms with van der Waals surface area (Å²) in [6, 6.07) is 0. The normalized spacial score (nSPS) is 45.8. The third-order valence-corrected chi connectivity index (χ3v) is 8.44. The maximum Gasteiger partial charge on any atom is 0.331 e. The van der Waals surface area contributed by atoms with Crippen LogP contribution in [0.1, 0.15) is 47.0 Å². The lowest BCUT2D eigenvalue weighted by molar-refractivity contribution is -0.189. The van der Waals surface area contributed by atoms with Crippen molar-refractivity contribution in [3.63, 3.8) is 0 Å². The van der Waals surface area contributed by atoms with Gasteiger partial charge < -0.3 is 14.6 Å². The molecule has 0 aromatic rings. The molecule has 1 heterocycles. The zero-order chi connectivity index (χ0) is 21.4. The van der Waals surface area contributed by atoms with E-state index in [1.807, 2.05) is 19.9 Å². The number of fused-ring (bicyclic) bond motifs is 5. The first-order valence-electron chi connectivity index (χ1n) is 10.1. The van der Waals surface area contributed by atoms with E-state index in [-0.39, 0.29) is 30.1 Å². The number of Topliss-reactive ketones (excluding diaryl/α,β-unsaturated/α-hetero) is 1. The molecule has 0 aromatic carbocycles. The number of ketones is 1. The molecular weight excluding hydrogens is 396 g/mol. The highest BCUT2D eigenvalue weighted by Gasteiger charge is 2.68. The van der Waals surface area contributed by atoms with Crippen LogP contribution in [0, 0.1) is 28.6 Å². The van der Waals surface area contributed by atoms with E-state index in [2.05, 4.69) is 0 Å². The van der Waals surface area contributed by atoms with Crippen LogP contribution in [0.3, 0.4) is 0 Å². The number of allylic oxidation sites excluding steroid dienone is 2. The summed E-state index contributed by atoms with van der Waals surface area (Å²) in [6.45, 7) is 6.85. The van der Waals surface area contributed by atoms with Gasteiger partial charge >= 0.3 is 11.9 Å². The largest absolute Gasteiger partial charge is 0.462 e. The fourth-order valence-electron chi connectivity index (χ4n) is 6.72. The van der Waals surface area contributed by atoms with E-state index < -0.39 is 34.5 Å². The van der Waals surface area contributed by atoms with Crippen LogP contribution in [0.5, 0.6) is 0 Å². The highest BCUT2D eigenvalue weighted by molar-refractivity contribution is 6.32. The Balaban J connectivity index is 1.89. The third-order valence-electron chi connectivity index (χ3n) is 8.11. The van der Waals surface area contributed by atoms with Gasteiger partial charge in [-0.2, -0.15) is 0 Å². The molecule has 2 saturated carbocycles. The van der Waals surface area contributed by atoms with Crippen LogP contribution in [-0.4, -0.2) is 41.1 Å². The molecule has 1 N–H and O–H groups in total. The Kier molecular flexibility index (Phi) is 4.56. The number of carbonyl (C=O) groups excluding carboxylic acids is 3. The number of rotatable bonds is 2. The molecule has 4 aliphatic rings. The van der Waals surface area contributed by atoms with Crippen LogP contribution < -0.4 is 0 Å². The van der Waals surface area contributed by atoms with Crippen LogP contribution in [0.15, 0.2) is 22.8 Å². The summed E-state index contributed by atoms with van der Waals surface area (Å²) in [4.78, 5) is 36.3. The summed E-state index contributed by atoms with van der Waals surface area (Å²) >= 11 is 6.64. The molecule has 0 saturated heterocycles. The first kappa shape index (κ1) is 20.6. The van der Waals surface area contributed by atoms with E-state index in [0.29, 0.717) is 29.9 Å². The number of aliphatic hydroxyl groups is 1. The molecule has 0 radical (unpaired) electrons. The van der Waals surface area contributed by atoms with E-state index in [1.54, 1.807) is 0 Å². The number of ether oxygens (including phenoxy) is 2. The van der Waals surface area contributed by atoms with Crippen molar-refractivity contribution < 1.29 is 29.0 Å². The molecule has 1 aliphatic heterocycles. The molecule has 0 amide bonds. The smallest absolute Gasteiger partial charge is 0.331 e. The molecule has 0 spiro atoms. The van der Waals surface area contributed by atoms with Gasteiger partial charge in [-0.3, -0.25) is 9.59 Å². The van der Waals surface area contributed by atoms with Gasteiger partial charge in [-0.25, -0.2) is 4.79 Å². The second-order valence-corrected chi connectivity index (χ2v) is 9.94. The number of carbonyl (C=O) groups is 3. The molecule has 1 unspecified atom stereocenters. The van der Waals surface area contributed by atoms with Crippen molar-refractivity contribution >= 4 is 29.3 Å². The van der Waals surface area contributed by atoms with Gasteiger partial charge in [0.2, 0.25) is 0 Å². The van der Waals surface area contributed by atoms with Crippen LogP contribution in [-0.2, 0) is 23.9 Å². The fourth-order valence-corrected chi connectivity index (χ4v) is 7.13. The topological polar surface area (TPSA) is 89.9 Å². The Morgan fingerprint density at radius 3 is 2.62 bits per heavy atom. The van der Waals surface area contributed by atoms with Crippen molar-refractivity contribution in [2.24, 2.45) is 28.6 Å². The minimum absolute atomic E-state index is 0.00189. The average molecular weight is 423 g/mol. The van der Waals surface area contributed by atoms with Crippen molar-refractivity contribution in [2.45, 2.75) is 58.7 Å². The number of hydrogen-bond acceptors (Lipinski definition) is 6. The number of hydrogen-bond donors (Lipinski definition) is 1. The van der Waals surface area contributed by atoms with Gasteiger partial charge in [0, 0.05) is 34.8 Å². The molecule has 7 atom stereocenters. The van der Waals surface area contributed by atoms with E-state index in [4.69, 9.17) is 21.1 Å². The Hall–Kier alpha value is -1.66. The van der Waals surface area contributed by atoms with Crippen LogP contribution in [0.2, 0.25) is 0 Å². The van der Waals surface area contributed by atoms with E-state index >= 15 is 0 Å². The lowest BCUT2D eigenvalue weighted by Crippen LogP contribution is -2.62. The second kappa shape index (κ2) is 6.42. The van der Waals surface area contributed by atoms with Gasteiger partial charge in [0.05, 0.1) is 0 Å². The third kappa shape index (κ3) is 2.68. The van der Waals surface area contributed by atoms with Crippen molar-refractivity contribution in [1.29, 1.82) is 0 Å². The quantitative estimate of drug-likeness (QED) is 0.688. The summed E-state index contributed by atoms with van der Waals surface area (Å²) in [5.41, 5.74) is -2.10. The van der Waals surface area contributed by atoms with Crippen molar-refractivity contribution in [3.8, 4) is 0 Å². The first-order valence-corrected chi connectivity index (χ1v) is 10.5. The number of esters is 2. The molecule has 29 heavy (non-hydrogen) atoms. The van der Waals surface area contributed by atoms with Gasteiger partial charge in [-0.15, -0.1) is 0 Å². The summed E-state index contributed by atoms with van der Waals surface area (Å²) in [7, 11) is 0. The maximum atomic E-state index is 12.4. The summed E-state index contributed by atoms with van der Waals surface area (Å²) in [6.07, 6.45) is 4.25. The Morgan fingerprint density at radius 1 is 1.31 bits per heavy atom. The van der Waals surface area contributed by atoms with E-state index in [1.165, 1.54) is 19.9 Å². The molecule has 158 valence electrons. The van der Waals surface area contributed by atoms with Gasteiger partial charge in [-0.05, 0) is 43.6 Å². The highest BCUT2D eigenvalue weighted by Crippen LogP contribution is 2.67. The molecule has 4 rings (SSSR count). The van der Waals surface area contributed by atoms with E-state index in [9.17, 15) is 19.5 Å². The molecule has 3 aliphatic carbocycles. The lowest BCUT2D eigenvalue weighted by atomic mass is 9.48. The van der Waals surface area contributed by atoms with Gasteiger partial charge in [0.25, 0.3) is 0 Å². The fraction of sp³-hybridized carbons (Fsp3) is 0.682. The Labute approximate surface area is 175 Å². The average Bonchev–Trinajstić information content (AvgIpc) is 2.88. The zero-order valence-corrected chi connectivity index (χ0v) is 17.9. The van der Waals surface area contributed by atoms with Crippen molar-refractivity contribution in [3.05, 3.63) is 22.8 Å². The molecule has 2 fully saturated rings. The maximum absolute atomic E-state index is 12.4. The van der Waals surface area contributed by atoms with Gasteiger partial charge in [0.1, 0.15) is 18.3 Å². The van der Waals surface area contributed by atoms with Gasteiger partial charge in [-0.1, -0.05) is 31.5 Å². The Bertz CT molecular complexity index is 861. The molecular formula is C22H27ClO6. The monoisotopic (exact) mass is 422 g/mol. The van der Waals surface area contributed by atoms with Gasteiger partial charge in [0.15, 0.2) is 5.78 Å². The van der Waals surface area contributed by atoms with Crippen LogP contribution in [0.4, 0.5) is 0 Å². The second-order valence-electron chi connectivity index (χ2n) is 9.53. The number of halogens is 1. The summed E-state index contributed by atoms with van der Waals surface area (Å²) in [5, 5.41) is 11.8. The molecule has 6 nitrogen and oxygen atoms in total. The molecule has 0 aromatic heterocycles. The van der Waals surface area contributed by atoms with Crippen LogP contribution in [0.25, 0.3) is 0 Å². The van der Waals surface area contributed by atoms with E-state index in [0.717, 1.165) is 0 Å². The van der Waals surface area contributed by atoms with Crippen molar-refractivity contribution in [1.82, 2.24) is 0 Å². The highest BCUT2D eigenvalue weighted by atomic mass is 35.5. The predicted octanol–water partition coefficient (Wildman–Crippen LogP) is 2.92. The zero-order valence-electron chi connectivity index (χ0n) is 17.2. The Morgan fingerprint density at radius 2 is 2.00 bits per heavy atom. The SMILES string of the molecule is CC(=O)OC1C[C@@]2(C)[C@@H](CC[C@]2(O)C(C)=O)[C@@H]2C=C(Cl)C3=CC(=O)OC[C@]3(C)[C@@H]12. The molecule has 7 heteroatoms. The van der Waals surface area contributed by atoms with Crippen molar-refractivity contribution in [2.75, 3.05) is 6.61 Å². The molecule has 0 bridgehead atoms. The standard InChI is InChI=1S/C22H27ClO6/c1-11(24)22(27)6-5-14-13-7-16(23)15-8-18(26)28-10-20(15,3)19(13)17(29-12(2)25)9-21(14,22)4/h7-8,13-14,17,19,27H,5-6,9-10H2,1-4H3/t13-,14-,17?,19+,20-,21-,22-/m0/s1.